The molecule has 2 rings (SSSR count). The maximum absolute atomic E-state index is 8.84. The third-order valence-corrected chi connectivity index (χ3v) is 2.79. The zero-order chi connectivity index (χ0) is 10.8. The largest absolute Gasteiger partial charge is 0.367 e. The van der Waals surface area contributed by atoms with Gasteiger partial charge in [-0.15, -0.1) is 0 Å². The van der Waals surface area contributed by atoms with E-state index in [9.17, 15) is 0 Å². The second-order valence-corrected chi connectivity index (χ2v) is 4.26. The van der Waals surface area contributed by atoms with Crippen molar-refractivity contribution in [3.63, 3.8) is 0 Å². The van der Waals surface area contributed by atoms with Gasteiger partial charge in [0.2, 0.25) is 0 Å². The van der Waals surface area contributed by atoms with Crippen LogP contribution in [0.4, 0.5) is 5.82 Å². The molecule has 78 valence electrons. The Morgan fingerprint density at radius 3 is 2.87 bits per heavy atom. The number of pyridine rings is 1. The van der Waals surface area contributed by atoms with Gasteiger partial charge in [0, 0.05) is 11.7 Å². The van der Waals surface area contributed by atoms with E-state index in [0.717, 1.165) is 17.4 Å². The fourth-order valence-corrected chi connectivity index (χ4v) is 1.75. The van der Waals surface area contributed by atoms with Crippen molar-refractivity contribution >= 4 is 5.82 Å². The van der Waals surface area contributed by atoms with Gasteiger partial charge in [-0.2, -0.15) is 5.26 Å². The molecule has 1 unspecified atom stereocenters. The fourth-order valence-electron chi connectivity index (χ4n) is 1.75. The monoisotopic (exact) mass is 201 g/mol. The smallest absolute Gasteiger partial charge is 0.127 e. The SMILES string of the molecule is Cc1cc(C#N)cc(NC(C)C2CC2)n1. The number of nitrogens with one attached hydrogen (secondary N) is 1. The van der Waals surface area contributed by atoms with Crippen LogP contribution in [-0.4, -0.2) is 11.0 Å². The Hall–Kier alpha value is -1.56. The van der Waals surface area contributed by atoms with Crippen molar-refractivity contribution < 1.29 is 0 Å². The molecule has 0 aliphatic heterocycles. The van der Waals surface area contributed by atoms with E-state index in [0.29, 0.717) is 11.6 Å². The van der Waals surface area contributed by atoms with Crippen molar-refractivity contribution in [2.75, 3.05) is 5.32 Å². The average Bonchev–Trinajstić information content (AvgIpc) is 2.99. The second-order valence-electron chi connectivity index (χ2n) is 4.26. The highest BCUT2D eigenvalue weighted by atomic mass is 15.0. The summed E-state index contributed by atoms with van der Waals surface area (Å²) in [4.78, 5) is 4.37. The molecule has 1 atom stereocenters. The molecular weight excluding hydrogens is 186 g/mol. The molecule has 0 spiro atoms. The van der Waals surface area contributed by atoms with Crippen molar-refractivity contribution in [3.8, 4) is 6.07 Å². The third-order valence-electron chi connectivity index (χ3n) is 2.79. The van der Waals surface area contributed by atoms with Crippen molar-refractivity contribution in [1.82, 2.24) is 4.98 Å². The van der Waals surface area contributed by atoms with Gasteiger partial charge in [0.05, 0.1) is 11.6 Å². The van der Waals surface area contributed by atoms with Crippen molar-refractivity contribution in [2.24, 2.45) is 5.92 Å². The molecule has 1 N–H and O–H groups in total. The first-order valence-electron chi connectivity index (χ1n) is 5.34. The summed E-state index contributed by atoms with van der Waals surface area (Å²) in [5.41, 5.74) is 1.56. The minimum absolute atomic E-state index is 0.464. The predicted molar refractivity (Wildman–Crippen MR) is 59.5 cm³/mol. The van der Waals surface area contributed by atoms with Crippen LogP contribution in [0, 0.1) is 24.2 Å². The van der Waals surface area contributed by atoms with Crippen LogP contribution in [0.15, 0.2) is 12.1 Å². The quantitative estimate of drug-likeness (QED) is 0.817. The first-order chi connectivity index (χ1) is 7.19. The van der Waals surface area contributed by atoms with E-state index in [1.165, 1.54) is 12.8 Å². The van der Waals surface area contributed by atoms with Gasteiger partial charge in [0.1, 0.15) is 5.82 Å². The Balaban J connectivity index is 2.13. The van der Waals surface area contributed by atoms with E-state index in [1.54, 1.807) is 6.07 Å². The van der Waals surface area contributed by atoms with E-state index < -0.39 is 0 Å². The minimum atomic E-state index is 0.464. The fraction of sp³-hybridized carbons (Fsp3) is 0.500. The molecule has 15 heavy (non-hydrogen) atoms. The van der Waals surface area contributed by atoms with Crippen LogP contribution in [0.3, 0.4) is 0 Å². The Morgan fingerprint density at radius 1 is 1.53 bits per heavy atom. The molecule has 1 aliphatic rings. The maximum Gasteiger partial charge on any atom is 0.127 e. The molecule has 0 aromatic carbocycles. The Bertz CT molecular complexity index is 402. The summed E-state index contributed by atoms with van der Waals surface area (Å²) in [6.07, 6.45) is 2.62. The normalized spacial score (nSPS) is 16.9. The highest BCUT2D eigenvalue weighted by molar-refractivity contribution is 5.45. The van der Waals surface area contributed by atoms with Gasteiger partial charge in [-0.05, 0) is 44.7 Å². The van der Waals surface area contributed by atoms with Crippen LogP contribution < -0.4 is 5.32 Å². The maximum atomic E-state index is 8.84. The van der Waals surface area contributed by atoms with Crippen LogP contribution in [0.5, 0.6) is 0 Å². The van der Waals surface area contributed by atoms with Crippen LogP contribution in [-0.2, 0) is 0 Å². The van der Waals surface area contributed by atoms with Gasteiger partial charge in [0.15, 0.2) is 0 Å². The summed E-state index contributed by atoms with van der Waals surface area (Å²) in [6.45, 7) is 4.08. The lowest BCUT2D eigenvalue weighted by Crippen LogP contribution is -2.18. The van der Waals surface area contributed by atoms with Gasteiger partial charge in [-0.1, -0.05) is 0 Å². The minimum Gasteiger partial charge on any atom is -0.367 e. The molecule has 0 amide bonds. The van der Waals surface area contributed by atoms with Crippen molar-refractivity contribution in [3.05, 3.63) is 23.4 Å². The number of nitrogens with zero attached hydrogens (tertiary/aromatic N) is 2. The topological polar surface area (TPSA) is 48.7 Å². The molecule has 1 aromatic rings. The van der Waals surface area contributed by atoms with E-state index in [4.69, 9.17) is 5.26 Å². The summed E-state index contributed by atoms with van der Waals surface area (Å²) in [7, 11) is 0. The van der Waals surface area contributed by atoms with E-state index in [1.807, 2.05) is 13.0 Å². The summed E-state index contributed by atoms with van der Waals surface area (Å²) >= 11 is 0. The Kier molecular flexibility index (Phi) is 2.59. The van der Waals surface area contributed by atoms with Crippen LogP contribution in [0.25, 0.3) is 0 Å². The highest BCUT2D eigenvalue weighted by Gasteiger charge is 2.27. The molecule has 1 aromatic heterocycles. The standard InChI is InChI=1S/C12H15N3/c1-8-5-10(7-13)6-12(14-8)15-9(2)11-3-4-11/h5-6,9,11H,3-4H2,1-2H3,(H,14,15). The Labute approximate surface area is 90.1 Å². The predicted octanol–water partition coefficient (Wildman–Crippen LogP) is 2.47. The lowest BCUT2D eigenvalue weighted by Gasteiger charge is -2.13. The molecular formula is C12H15N3. The van der Waals surface area contributed by atoms with Crippen molar-refractivity contribution in [1.29, 1.82) is 5.26 Å². The molecule has 0 saturated heterocycles. The molecule has 0 bridgehead atoms. The number of rotatable bonds is 3. The van der Waals surface area contributed by atoms with Gasteiger partial charge in [-0.25, -0.2) is 4.98 Å². The first-order valence-corrected chi connectivity index (χ1v) is 5.34. The zero-order valence-electron chi connectivity index (χ0n) is 9.12. The molecule has 3 heteroatoms. The third kappa shape index (κ3) is 2.47. The summed E-state index contributed by atoms with van der Waals surface area (Å²) in [6, 6.07) is 6.22. The second kappa shape index (κ2) is 3.90. The zero-order valence-corrected chi connectivity index (χ0v) is 9.12. The van der Waals surface area contributed by atoms with Crippen LogP contribution in [0.2, 0.25) is 0 Å². The molecule has 3 nitrogen and oxygen atoms in total. The summed E-state index contributed by atoms with van der Waals surface area (Å²) < 4.78 is 0. The van der Waals surface area contributed by atoms with Gasteiger partial charge < -0.3 is 5.32 Å². The average molecular weight is 201 g/mol. The molecule has 1 heterocycles. The number of hydrogen-bond donors (Lipinski definition) is 1. The number of nitriles is 1. The molecule has 1 fully saturated rings. The van der Waals surface area contributed by atoms with Gasteiger partial charge in [-0.3, -0.25) is 0 Å². The first kappa shape index (κ1) is 9.97. The summed E-state index contributed by atoms with van der Waals surface area (Å²) in [5.74, 6) is 1.61. The number of aromatic nitrogens is 1. The number of hydrogen-bond acceptors (Lipinski definition) is 3. The summed E-state index contributed by atoms with van der Waals surface area (Å²) in [5, 5.41) is 12.2. The molecule has 0 radical (unpaired) electrons. The van der Waals surface area contributed by atoms with Crippen LogP contribution >= 0.6 is 0 Å². The number of anilines is 1. The Morgan fingerprint density at radius 2 is 2.27 bits per heavy atom. The van der Waals surface area contributed by atoms with E-state index in [-0.39, 0.29) is 0 Å². The number of aryl methyl sites for hydroxylation is 1. The lowest BCUT2D eigenvalue weighted by molar-refractivity contribution is 0.690. The van der Waals surface area contributed by atoms with E-state index in [2.05, 4.69) is 23.3 Å². The molecule has 1 aliphatic carbocycles. The van der Waals surface area contributed by atoms with Gasteiger partial charge >= 0.3 is 0 Å². The van der Waals surface area contributed by atoms with E-state index >= 15 is 0 Å². The highest BCUT2D eigenvalue weighted by Crippen LogP contribution is 2.33. The van der Waals surface area contributed by atoms with Crippen LogP contribution in [0.1, 0.15) is 31.0 Å². The van der Waals surface area contributed by atoms with Gasteiger partial charge in [0.25, 0.3) is 0 Å². The molecule has 1 saturated carbocycles. The van der Waals surface area contributed by atoms with Crippen molar-refractivity contribution in [2.45, 2.75) is 32.7 Å². The lowest BCUT2D eigenvalue weighted by atomic mass is 10.2.